The second-order valence-corrected chi connectivity index (χ2v) is 5.27. The molecule has 0 amide bonds. The molecule has 0 saturated carbocycles. The summed E-state index contributed by atoms with van der Waals surface area (Å²) in [5.41, 5.74) is 1.93. The van der Waals surface area contributed by atoms with Gasteiger partial charge in [-0.2, -0.15) is 0 Å². The van der Waals surface area contributed by atoms with Crippen LogP contribution >= 0.6 is 11.6 Å². The van der Waals surface area contributed by atoms with Crippen LogP contribution in [0.1, 0.15) is 24.5 Å². The minimum Gasteiger partial charge on any atom is -0.489 e. The molecule has 0 aliphatic heterocycles. The first-order chi connectivity index (χ1) is 10.2. The van der Waals surface area contributed by atoms with Crippen LogP contribution in [0.25, 0.3) is 0 Å². The van der Waals surface area contributed by atoms with Gasteiger partial charge in [0.25, 0.3) is 0 Å². The van der Waals surface area contributed by atoms with Crippen molar-refractivity contribution in [1.82, 2.24) is 5.32 Å². The van der Waals surface area contributed by atoms with E-state index in [0.717, 1.165) is 30.8 Å². The van der Waals surface area contributed by atoms with E-state index >= 15 is 0 Å². The molecule has 0 atom stereocenters. The average Bonchev–Trinajstić information content (AvgIpc) is 2.49. The van der Waals surface area contributed by atoms with Gasteiger partial charge in [0, 0.05) is 6.54 Å². The van der Waals surface area contributed by atoms with Crippen LogP contribution in [0.4, 0.5) is 4.39 Å². The van der Waals surface area contributed by atoms with Crippen molar-refractivity contribution in [3.05, 3.63) is 64.4 Å². The van der Waals surface area contributed by atoms with Gasteiger partial charge in [-0.25, -0.2) is 4.39 Å². The summed E-state index contributed by atoms with van der Waals surface area (Å²) in [7, 11) is 0. The zero-order chi connectivity index (χ0) is 15.1. The van der Waals surface area contributed by atoms with Gasteiger partial charge in [0.1, 0.15) is 18.2 Å². The normalized spacial score (nSPS) is 10.6. The van der Waals surface area contributed by atoms with Gasteiger partial charge in [0.05, 0.1) is 5.02 Å². The van der Waals surface area contributed by atoms with Crippen molar-refractivity contribution >= 4 is 11.6 Å². The minimum atomic E-state index is -0.421. The molecule has 0 bridgehead atoms. The van der Waals surface area contributed by atoms with E-state index in [1.54, 1.807) is 12.1 Å². The van der Waals surface area contributed by atoms with E-state index in [4.69, 9.17) is 16.3 Å². The molecule has 21 heavy (non-hydrogen) atoms. The van der Waals surface area contributed by atoms with Crippen molar-refractivity contribution in [2.24, 2.45) is 0 Å². The molecular formula is C17H19ClFNO. The molecule has 0 fully saturated rings. The van der Waals surface area contributed by atoms with Gasteiger partial charge in [-0.1, -0.05) is 36.7 Å². The van der Waals surface area contributed by atoms with Crippen LogP contribution in [-0.4, -0.2) is 6.54 Å². The zero-order valence-electron chi connectivity index (χ0n) is 12.0. The lowest BCUT2D eigenvalue weighted by atomic mass is 10.2. The van der Waals surface area contributed by atoms with Crippen molar-refractivity contribution in [3.63, 3.8) is 0 Å². The van der Waals surface area contributed by atoms with Gasteiger partial charge in [0.15, 0.2) is 0 Å². The fraction of sp³-hybridized carbons (Fsp3) is 0.294. The van der Waals surface area contributed by atoms with Crippen molar-refractivity contribution < 1.29 is 9.13 Å². The molecule has 0 radical (unpaired) electrons. The third-order valence-corrected chi connectivity index (χ3v) is 3.35. The van der Waals surface area contributed by atoms with Gasteiger partial charge in [0.2, 0.25) is 0 Å². The van der Waals surface area contributed by atoms with Crippen LogP contribution in [0.3, 0.4) is 0 Å². The Kier molecular flexibility index (Phi) is 6.03. The molecule has 0 aliphatic carbocycles. The maximum Gasteiger partial charge on any atom is 0.142 e. The summed E-state index contributed by atoms with van der Waals surface area (Å²) in [6, 6.07) is 12.6. The van der Waals surface area contributed by atoms with Crippen molar-refractivity contribution in [3.8, 4) is 5.75 Å². The molecule has 0 spiro atoms. The highest BCUT2D eigenvalue weighted by atomic mass is 35.5. The van der Waals surface area contributed by atoms with Crippen LogP contribution in [0.2, 0.25) is 5.02 Å². The molecule has 0 unspecified atom stereocenters. The fourth-order valence-corrected chi connectivity index (χ4v) is 2.07. The summed E-state index contributed by atoms with van der Waals surface area (Å²) in [6.07, 6.45) is 1.11. The van der Waals surface area contributed by atoms with Crippen molar-refractivity contribution in [1.29, 1.82) is 0 Å². The second kappa shape index (κ2) is 8.01. The number of halogens is 2. The summed E-state index contributed by atoms with van der Waals surface area (Å²) < 4.78 is 19.0. The molecule has 2 aromatic carbocycles. The summed E-state index contributed by atoms with van der Waals surface area (Å²) >= 11 is 5.66. The molecule has 0 aromatic heterocycles. The molecule has 1 N–H and O–H groups in total. The van der Waals surface area contributed by atoms with Gasteiger partial charge < -0.3 is 10.1 Å². The highest BCUT2D eigenvalue weighted by molar-refractivity contribution is 6.30. The minimum absolute atomic E-state index is 0.128. The molecule has 2 aromatic rings. The van der Waals surface area contributed by atoms with E-state index in [9.17, 15) is 4.39 Å². The first kappa shape index (κ1) is 15.8. The predicted molar refractivity (Wildman–Crippen MR) is 84.2 cm³/mol. The third kappa shape index (κ3) is 5.03. The number of hydrogen-bond acceptors (Lipinski definition) is 2. The van der Waals surface area contributed by atoms with Gasteiger partial charge >= 0.3 is 0 Å². The van der Waals surface area contributed by atoms with E-state index in [-0.39, 0.29) is 5.02 Å². The quantitative estimate of drug-likeness (QED) is 0.757. The lowest BCUT2D eigenvalue weighted by Crippen LogP contribution is -2.13. The highest BCUT2D eigenvalue weighted by Crippen LogP contribution is 2.18. The first-order valence-electron chi connectivity index (χ1n) is 7.05. The molecule has 0 saturated heterocycles. The van der Waals surface area contributed by atoms with Gasteiger partial charge in [-0.3, -0.25) is 0 Å². The summed E-state index contributed by atoms with van der Waals surface area (Å²) in [6.45, 7) is 4.27. The van der Waals surface area contributed by atoms with E-state index < -0.39 is 5.82 Å². The second-order valence-electron chi connectivity index (χ2n) is 4.86. The van der Waals surface area contributed by atoms with Crippen LogP contribution < -0.4 is 10.1 Å². The Bertz CT molecular complexity index is 589. The highest BCUT2D eigenvalue weighted by Gasteiger charge is 2.02. The lowest BCUT2D eigenvalue weighted by Gasteiger charge is -2.09. The Balaban J connectivity index is 1.93. The largest absolute Gasteiger partial charge is 0.489 e. The van der Waals surface area contributed by atoms with E-state index in [2.05, 4.69) is 18.3 Å². The van der Waals surface area contributed by atoms with E-state index in [0.29, 0.717) is 6.61 Å². The van der Waals surface area contributed by atoms with Crippen LogP contribution in [0.15, 0.2) is 42.5 Å². The number of ether oxygens (including phenoxy) is 1. The molecular weight excluding hydrogens is 289 g/mol. The van der Waals surface area contributed by atoms with Crippen LogP contribution in [0, 0.1) is 5.82 Å². The summed E-state index contributed by atoms with van der Waals surface area (Å²) in [5.74, 6) is 0.358. The number of nitrogens with one attached hydrogen (secondary N) is 1. The van der Waals surface area contributed by atoms with E-state index in [1.165, 1.54) is 11.6 Å². The zero-order valence-corrected chi connectivity index (χ0v) is 12.8. The first-order valence-corrected chi connectivity index (χ1v) is 7.43. The molecule has 112 valence electrons. The molecule has 4 heteroatoms. The average molecular weight is 308 g/mol. The number of hydrogen-bond donors (Lipinski definition) is 1. The smallest absolute Gasteiger partial charge is 0.142 e. The standard InChI is InChI=1S/C17H19ClFNO/c1-2-8-20-11-13-4-3-5-15(9-13)21-12-14-6-7-16(18)17(19)10-14/h3-7,9-10,20H,2,8,11-12H2,1H3. The Labute approximate surface area is 129 Å². The molecule has 0 heterocycles. The number of benzene rings is 2. The van der Waals surface area contributed by atoms with Crippen LogP contribution in [0.5, 0.6) is 5.75 Å². The van der Waals surface area contributed by atoms with Crippen LogP contribution in [-0.2, 0) is 13.2 Å². The van der Waals surface area contributed by atoms with E-state index in [1.807, 2.05) is 18.2 Å². The number of rotatable bonds is 7. The maximum atomic E-state index is 13.3. The predicted octanol–water partition coefficient (Wildman–Crippen LogP) is 4.56. The topological polar surface area (TPSA) is 21.3 Å². The maximum absolute atomic E-state index is 13.3. The Morgan fingerprint density at radius 3 is 2.76 bits per heavy atom. The molecule has 2 nitrogen and oxygen atoms in total. The monoisotopic (exact) mass is 307 g/mol. The summed E-state index contributed by atoms with van der Waals surface area (Å²) in [4.78, 5) is 0. The van der Waals surface area contributed by atoms with Gasteiger partial charge in [-0.15, -0.1) is 0 Å². The SMILES string of the molecule is CCCNCc1cccc(OCc2ccc(Cl)c(F)c2)c1. The lowest BCUT2D eigenvalue weighted by molar-refractivity contribution is 0.305. The summed E-state index contributed by atoms with van der Waals surface area (Å²) in [5, 5.41) is 3.47. The van der Waals surface area contributed by atoms with Crippen molar-refractivity contribution in [2.75, 3.05) is 6.54 Å². The molecule has 2 rings (SSSR count). The van der Waals surface area contributed by atoms with Gasteiger partial charge in [-0.05, 0) is 48.4 Å². The van der Waals surface area contributed by atoms with Crippen molar-refractivity contribution in [2.45, 2.75) is 26.5 Å². The Hall–Kier alpha value is -1.58. The Morgan fingerprint density at radius 2 is 2.00 bits per heavy atom. The molecule has 0 aliphatic rings. The Morgan fingerprint density at radius 1 is 1.14 bits per heavy atom. The third-order valence-electron chi connectivity index (χ3n) is 3.04. The fourth-order valence-electron chi connectivity index (χ4n) is 1.95.